The van der Waals surface area contributed by atoms with E-state index in [-0.39, 0.29) is 34.5 Å². The lowest BCUT2D eigenvalue weighted by Gasteiger charge is -2.37. The number of nitrogens with zero attached hydrogens (tertiary/aromatic N) is 2. The molecule has 5 aliphatic rings. The molecule has 6 aromatic carbocycles. The van der Waals surface area contributed by atoms with Gasteiger partial charge in [0.25, 0.3) is 0 Å². The van der Waals surface area contributed by atoms with Crippen LogP contribution in [0.4, 0.5) is 11.4 Å². The van der Waals surface area contributed by atoms with E-state index in [1.54, 1.807) is 0 Å². The first-order valence-corrected chi connectivity index (χ1v) is 22.7. The number of hydrogen-bond donors (Lipinski definition) is 0. The molecular formula is C60H52N2O. The van der Waals surface area contributed by atoms with Gasteiger partial charge in [-0.1, -0.05) is 191 Å². The van der Waals surface area contributed by atoms with Gasteiger partial charge in [0, 0.05) is 56.7 Å². The van der Waals surface area contributed by atoms with Gasteiger partial charge in [-0.05, 0) is 88.2 Å². The van der Waals surface area contributed by atoms with Gasteiger partial charge in [0.15, 0.2) is 0 Å². The lowest BCUT2D eigenvalue weighted by atomic mass is 9.67. The highest BCUT2D eigenvalue weighted by atomic mass is 16.5. The summed E-state index contributed by atoms with van der Waals surface area (Å²) in [6.07, 6.45) is 21.5. The lowest BCUT2D eigenvalue weighted by molar-refractivity contribution is 0.0515. The molecule has 0 amide bonds. The van der Waals surface area contributed by atoms with Crippen molar-refractivity contribution in [3.8, 4) is 22.3 Å². The quantitative estimate of drug-likeness (QED) is 0.159. The fourth-order valence-electron chi connectivity index (χ4n) is 11.7. The fourth-order valence-corrected chi connectivity index (χ4v) is 11.7. The highest BCUT2D eigenvalue weighted by Crippen LogP contribution is 2.60. The van der Waals surface area contributed by atoms with Gasteiger partial charge < -0.3 is 14.2 Å². The first-order chi connectivity index (χ1) is 30.7. The number of anilines is 2. The molecule has 5 atom stereocenters. The first kappa shape index (κ1) is 38.0. The zero-order chi connectivity index (χ0) is 42.5. The molecule has 12 rings (SSSR count). The Bertz CT molecular complexity index is 3100. The lowest BCUT2D eigenvalue weighted by Crippen LogP contribution is -2.33. The van der Waals surface area contributed by atoms with Gasteiger partial charge in [0.1, 0.15) is 0 Å². The van der Waals surface area contributed by atoms with Gasteiger partial charge in [0.2, 0.25) is 0 Å². The number of aromatic nitrogens is 1. The van der Waals surface area contributed by atoms with Crippen molar-refractivity contribution in [3.05, 3.63) is 234 Å². The molecule has 1 aromatic heterocycles. The van der Waals surface area contributed by atoms with Crippen molar-refractivity contribution in [2.45, 2.75) is 63.8 Å². The summed E-state index contributed by atoms with van der Waals surface area (Å²) in [4.78, 5) is 2.47. The molecule has 0 radical (unpaired) electrons. The predicted molar refractivity (Wildman–Crippen MR) is 261 cm³/mol. The molecule has 4 aliphatic carbocycles. The molecule has 0 saturated carbocycles. The van der Waals surface area contributed by atoms with Crippen molar-refractivity contribution < 1.29 is 4.74 Å². The Labute approximate surface area is 371 Å². The number of hydrogen-bond acceptors (Lipinski definition) is 2. The first-order valence-electron chi connectivity index (χ1n) is 22.7. The Kier molecular flexibility index (Phi) is 8.56. The Morgan fingerprint density at radius 3 is 2.11 bits per heavy atom. The predicted octanol–water partition coefficient (Wildman–Crippen LogP) is 14.8. The molecule has 3 heteroatoms. The summed E-state index contributed by atoms with van der Waals surface area (Å²) < 4.78 is 9.72. The van der Waals surface area contributed by atoms with Crippen LogP contribution in [0.3, 0.4) is 0 Å². The second kappa shape index (κ2) is 14.2. The van der Waals surface area contributed by atoms with Crippen LogP contribution in [0.1, 0.15) is 73.7 Å². The smallest absolute Gasteiger partial charge is 0.0932 e. The van der Waals surface area contributed by atoms with Gasteiger partial charge in [-0.15, -0.1) is 0 Å². The maximum absolute atomic E-state index is 7.10. The van der Waals surface area contributed by atoms with Gasteiger partial charge in [-0.3, -0.25) is 0 Å². The number of allylic oxidation sites excluding steroid dienone is 6. The third kappa shape index (κ3) is 5.82. The normalized spacial score (nSPS) is 24.4. The van der Waals surface area contributed by atoms with E-state index in [1.807, 2.05) is 0 Å². The van der Waals surface area contributed by atoms with Crippen LogP contribution >= 0.6 is 0 Å². The highest BCUT2D eigenvalue weighted by Gasteiger charge is 2.54. The van der Waals surface area contributed by atoms with Crippen molar-refractivity contribution in [3.63, 3.8) is 0 Å². The molecule has 1 saturated heterocycles. The van der Waals surface area contributed by atoms with Crippen LogP contribution < -0.4 is 4.90 Å². The van der Waals surface area contributed by atoms with Crippen LogP contribution in [0.5, 0.6) is 0 Å². The average molecular weight is 817 g/mol. The standard InChI is InChI=1S/C60H52N2O/c1-58(2)50-21-11-9-19-46(50)47-33-32-45(37-51(47)58)61(39-40-17-7-5-8-18-40)44-30-28-42(29-31-44)41-24-26-43(27-25-41)49-38-52-57(63-54-23-13-16-36-60(52,54)4)55-48-20-10-12-22-53(48)62(56(49)55)59(3)34-14-6-15-35-59/h5-34,36-38,52,54,57H,35,39H2,1-4H3. The minimum Gasteiger partial charge on any atom is -0.365 e. The van der Waals surface area contributed by atoms with Crippen LogP contribution in [0.25, 0.3) is 38.7 Å². The summed E-state index contributed by atoms with van der Waals surface area (Å²) in [5.74, 6) is 0.193. The molecule has 0 spiro atoms. The van der Waals surface area contributed by atoms with Gasteiger partial charge >= 0.3 is 0 Å². The highest BCUT2D eigenvalue weighted by molar-refractivity contribution is 5.96. The van der Waals surface area contributed by atoms with Crippen LogP contribution in [-0.4, -0.2) is 10.7 Å². The number of benzene rings is 6. The van der Waals surface area contributed by atoms with E-state index in [0.29, 0.717) is 0 Å². The summed E-state index contributed by atoms with van der Waals surface area (Å²) in [6, 6.07) is 54.3. The minimum absolute atomic E-state index is 0.0248. The van der Waals surface area contributed by atoms with Gasteiger partial charge in [-0.25, -0.2) is 0 Å². The van der Waals surface area contributed by atoms with E-state index in [4.69, 9.17) is 4.74 Å². The molecule has 1 aliphatic heterocycles. The molecule has 1 fully saturated rings. The average Bonchev–Trinajstić information content (AvgIpc) is 3.91. The summed E-state index contributed by atoms with van der Waals surface area (Å²) in [7, 11) is 0. The third-order valence-electron chi connectivity index (χ3n) is 15.1. The Hall–Kier alpha value is -6.68. The van der Waals surface area contributed by atoms with Crippen LogP contribution in [0.2, 0.25) is 0 Å². The van der Waals surface area contributed by atoms with Gasteiger partial charge in [-0.2, -0.15) is 0 Å². The van der Waals surface area contributed by atoms with Crippen molar-refractivity contribution in [1.29, 1.82) is 0 Å². The molecular weight excluding hydrogens is 765 g/mol. The summed E-state index contributed by atoms with van der Waals surface area (Å²) in [5.41, 5.74) is 17.5. The summed E-state index contributed by atoms with van der Waals surface area (Å²) in [5, 5.41) is 1.29. The molecule has 0 bridgehead atoms. The van der Waals surface area contributed by atoms with Crippen LogP contribution in [-0.2, 0) is 22.2 Å². The number of fused-ring (bicyclic) bond motifs is 10. The summed E-state index contributed by atoms with van der Waals surface area (Å²) >= 11 is 0. The molecule has 2 heterocycles. The van der Waals surface area contributed by atoms with E-state index in [0.717, 1.165) is 13.0 Å². The second-order valence-corrected chi connectivity index (χ2v) is 19.3. The van der Waals surface area contributed by atoms with Gasteiger partial charge in [0.05, 0.1) is 23.4 Å². The Morgan fingerprint density at radius 1 is 0.635 bits per heavy atom. The van der Waals surface area contributed by atoms with E-state index in [2.05, 4.69) is 237 Å². The zero-order valence-corrected chi connectivity index (χ0v) is 36.5. The van der Waals surface area contributed by atoms with E-state index < -0.39 is 0 Å². The Balaban J connectivity index is 0.923. The van der Waals surface area contributed by atoms with Crippen molar-refractivity contribution in [2.75, 3.05) is 4.90 Å². The molecule has 0 N–H and O–H groups in total. The second-order valence-electron chi connectivity index (χ2n) is 19.3. The largest absolute Gasteiger partial charge is 0.365 e. The van der Waals surface area contributed by atoms with Crippen LogP contribution in [0.15, 0.2) is 200 Å². The SMILES string of the molecule is CC1(C)c2ccccc2-c2ccc(N(Cc3ccccc3)c3ccc(-c4ccc(C5=CC6C(OC7C=CC=CC76C)c6c5n(C5(C)C=CC=CC5)c5ccccc65)cc4)cc3)cc21. The number of ether oxygens (including phenoxy) is 1. The van der Waals surface area contributed by atoms with Crippen LogP contribution in [0, 0.1) is 11.3 Å². The van der Waals surface area contributed by atoms with Crippen molar-refractivity contribution in [1.82, 2.24) is 4.57 Å². The van der Waals surface area contributed by atoms with E-state index in [1.165, 1.54) is 83.6 Å². The molecule has 63 heavy (non-hydrogen) atoms. The topological polar surface area (TPSA) is 17.4 Å². The minimum atomic E-state index is -0.222. The van der Waals surface area contributed by atoms with E-state index in [9.17, 15) is 0 Å². The molecule has 3 nitrogen and oxygen atoms in total. The zero-order valence-electron chi connectivity index (χ0n) is 36.5. The monoisotopic (exact) mass is 816 g/mol. The van der Waals surface area contributed by atoms with Crippen molar-refractivity contribution >= 4 is 27.9 Å². The molecule has 7 aromatic rings. The molecule has 5 unspecified atom stereocenters. The Morgan fingerprint density at radius 2 is 1.32 bits per heavy atom. The third-order valence-corrected chi connectivity index (χ3v) is 15.1. The number of para-hydroxylation sites is 1. The summed E-state index contributed by atoms with van der Waals surface area (Å²) in [6.45, 7) is 10.3. The van der Waals surface area contributed by atoms with Crippen molar-refractivity contribution in [2.24, 2.45) is 11.3 Å². The number of rotatable bonds is 7. The maximum Gasteiger partial charge on any atom is 0.0932 e. The fraction of sp³-hybridized carbons (Fsp3) is 0.200. The van der Waals surface area contributed by atoms with E-state index >= 15 is 0 Å². The molecule has 308 valence electrons. The maximum atomic E-state index is 7.10.